The lowest BCUT2D eigenvalue weighted by Gasteiger charge is -2.00. The second-order valence-electron chi connectivity index (χ2n) is 2.48. The minimum absolute atomic E-state index is 0.449. The van der Waals surface area contributed by atoms with E-state index in [2.05, 4.69) is 28.2 Å². The Morgan fingerprint density at radius 3 is 2.46 bits per heavy atom. The van der Waals surface area contributed by atoms with Crippen LogP contribution in [0.4, 0.5) is 5.69 Å². The molecule has 6 heteroatoms. The summed E-state index contributed by atoms with van der Waals surface area (Å²) in [6.45, 7) is 0. The van der Waals surface area contributed by atoms with Gasteiger partial charge in [-0.15, -0.1) is 17.7 Å². The molecule has 0 aliphatic carbocycles. The van der Waals surface area contributed by atoms with E-state index in [1.165, 1.54) is 4.68 Å². The highest BCUT2D eigenvalue weighted by atomic mass is 32.1. The van der Waals surface area contributed by atoms with Crippen molar-refractivity contribution < 1.29 is 0 Å². The topological polar surface area (TPSA) is 69.6 Å². The highest BCUT2D eigenvalue weighted by molar-refractivity contribution is 7.80. The summed E-state index contributed by atoms with van der Waals surface area (Å²) in [7, 11) is 0. The van der Waals surface area contributed by atoms with Crippen molar-refractivity contribution in [2.24, 2.45) is 0 Å². The molecule has 0 saturated heterocycles. The Hall–Kier alpha value is -1.56. The van der Waals surface area contributed by atoms with E-state index >= 15 is 0 Å². The average molecular weight is 193 g/mol. The van der Waals surface area contributed by atoms with Crippen LogP contribution in [0.1, 0.15) is 0 Å². The first-order valence-corrected chi connectivity index (χ1v) is 4.05. The number of hydrogen-bond donors (Lipinski definition) is 2. The van der Waals surface area contributed by atoms with Crippen molar-refractivity contribution in [2.45, 2.75) is 5.16 Å². The SMILES string of the molecule is Nc1ccc(-n2nnnc2S)cc1. The average Bonchev–Trinajstić information content (AvgIpc) is 2.53. The van der Waals surface area contributed by atoms with E-state index < -0.39 is 0 Å². The first-order chi connectivity index (χ1) is 6.27. The van der Waals surface area contributed by atoms with Crippen LogP contribution in [0.2, 0.25) is 0 Å². The molecule has 2 rings (SSSR count). The Bertz CT molecular complexity index is 407. The summed E-state index contributed by atoms with van der Waals surface area (Å²) in [4.78, 5) is 0. The Kier molecular flexibility index (Phi) is 1.90. The van der Waals surface area contributed by atoms with Crippen LogP contribution in [-0.4, -0.2) is 20.2 Å². The third-order valence-electron chi connectivity index (χ3n) is 1.59. The van der Waals surface area contributed by atoms with Crippen molar-refractivity contribution in [2.75, 3.05) is 5.73 Å². The van der Waals surface area contributed by atoms with Crippen molar-refractivity contribution >= 4 is 18.3 Å². The Balaban J connectivity index is 2.47. The van der Waals surface area contributed by atoms with Gasteiger partial charge in [0.1, 0.15) is 0 Å². The van der Waals surface area contributed by atoms with Crippen molar-refractivity contribution in [3.8, 4) is 5.69 Å². The summed E-state index contributed by atoms with van der Waals surface area (Å²) in [5.74, 6) is 0. The molecule has 1 heterocycles. The number of benzene rings is 1. The summed E-state index contributed by atoms with van der Waals surface area (Å²) in [6.07, 6.45) is 0. The monoisotopic (exact) mass is 193 g/mol. The normalized spacial score (nSPS) is 10.2. The van der Waals surface area contributed by atoms with Crippen LogP contribution >= 0.6 is 12.6 Å². The van der Waals surface area contributed by atoms with Gasteiger partial charge in [-0.3, -0.25) is 0 Å². The van der Waals surface area contributed by atoms with Crippen LogP contribution in [0, 0.1) is 0 Å². The molecular weight excluding hydrogens is 186 g/mol. The van der Waals surface area contributed by atoms with Gasteiger partial charge in [0.25, 0.3) is 0 Å². The Morgan fingerprint density at radius 1 is 1.23 bits per heavy atom. The van der Waals surface area contributed by atoms with Crippen molar-refractivity contribution in [1.82, 2.24) is 20.2 Å². The maximum atomic E-state index is 5.54. The number of thiol groups is 1. The minimum atomic E-state index is 0.449. The third-order valence-corrected chi connectivity index (χ3v) is 1.87. The highest BCUT2D eigenvalue weighted by Gasteiger charge is 2.02. The molecule has 0 radical (unpaired) electrons. The highest BCUT2D eigenvalue weighted by Crippen LogP contribution is 2.11. The molecule has 5 nitrogen and oxygen atoms in total. The van der Waals surface area contributed by atoms with Gasteiger partial charge in [-0.05, 0) is 34.7 Å². The molecule has 0 saturated carbocycles. The molecule has 1 aromatic heterocycles. The second kappa shape index (κ2) is 3.06. The van der Waals surface area contributed by atoms with Crippen molar-refractivity contribution in [1.29, 1.82) is 0 Å². The predicted octanol–water partition coefficient (Wildman–Crippen LogP) is 0.533. The van der Waals surface area contributed by atoms with Gasteiger partial charge in [-0.1, -0.05) is 0 Å². The summed E-state index contributed by atoms with van der Waals surface area (Å²) in [6, 6.07) is 7.21. The molecule has 1 aromatic carbocycles. The molecule has 0 unspecified atom stereocenters. The van der Waals surface area contributed by atoms with E-state index in [0.717, 1.165) is 5.69 Å². The quantitative estimate of drug-likeness (QED) is 0.512. The van der Waals surface area contributed by atoms with Crippen LogP contribution in [0.3, 0.4) is 0 Å². The van der Waals surface area contributed by atoms with Crippen LogP contribution in [0.5, 0.6) is 0 Å². The van der Waals surface area contributed by atoms with Crippen molar-refractivity contribution in [3.63, 3.8) is 0 Å². The van der Waals surface area contributed by atoms with Gasteiger partial charge in [0.05, 0.1) is 5.69 Å². The van der Waals surface area contributed by atoms with E-state index in [1.54, 1.807) is 12.1 Å². The first kappa shape index (κ1) is 8.06. The standard InChI is InChI=1S/C7H7N5S/c8-5-1-3-6(4-2-5)12-7(13)9-10-11-12/h1-4H,8H2,(H,9,11,13). The van der Waals surface area contributed by atoms with Crippen molar-refractivity contribution in [3.05, 3.63) is 24.3 Å². The number of anilines is 1. The lowest BCUT2D eigenvalue weighted by atomic mass is 10.3. The van der Waals surface area contributed by atoms with Gasteiger partial charge >= 0.3 is 0 Å². The maximum Gasteiger partial charge on any atom is 0.211 e. The number of nitrogen functional groups attached to an aromatic ring is 1. The fraction of sp³-hybridized carbons (Fsp3) is 0. The molecule has 0 bridgehead atoms. The van der Waals surface area contributed by atoms with E-state index in [4.69, 9.17) is 5.73 Å². The summed E-state index contributed by atoms with van der Waals surface area (Å²) in [5, 5.41) is 11.3. The Labute approximate surface area is 80.0 Å². The predicted molar refractivity (Wildman–Crippen MR) is 50.8 cm³/mol. The second-order valence-corrected chi connectivity index (χ2v) is 2.88. The zero-order valence-electron chi connectivity index (χ0n) is 6.62. The molecule has 0 spiro atoms. The molecule has 66 valence electrons. The fourth-order valence-electron chi connectivity index (χ4n) is 0.965. The number of hydrogen-bond acceptors (Lipinski definition) is 5. The van der Waals surface area contributed by atoms with Gasteiger partial charge < -0.3 is 5.73 Å². The number of rotatable bonds is 1. The third kappa shape index (κ3) is 1.48. The Morgan fingerprint density at radius 2 is 1.92 bits per heavy atom. The van der Waals surface area contributed by atoms with Gasteiger partial charge in [0.15, 0.2) is 0 Å². The lowest BCUT2D eigenvalue weighted by molar-refractivity contribution is 0.758. The van der Waals surface area contributed by atoms with Gasteiger partial charge in [0, 0.05) is 5.69 Å². The summed E-state index contributed by atoms with van der Waals surface area (Å²) in [5.41, 5.74) is 7.08. The smallest absolute Gasteiger partial charge is 0.211 e. The van der Waals surface area contributed by atoms with Crippen LogP contribution in [0.15, 0.2) is 29.4 Å². The molecule has 2 aromatic rings. The number of tetrazole rings is 1. The lowest BCUT2D eigenvalue weighted by Crippen LogP contribution is -1.97. The molecule has 13 heavy (non-hydrogen) atoms. The summed E-state index contributed by atoms with van der Waals surface area (Å²) >= 11 is 4.08. The number of nitrogens with two attached hydrogens (primary N) is 1. The molecule has 0 aliphatic rings. The van der Waals surface area contributed by atoms with E-state index in [1.807, 2.05) is 12.1 Å². The van der Waals surface area contributed by atoms with E-state index in [0.29, 0.717) is 10.8 Å². The number of aromatic nitrogens is 4. The summed E-state index contributed by atoms with van der Waals surface area (Å²) < 4.78 is 1.52. The molecule has 0 fully saturated rings. The van der Waals surface area contributed by atoms with Crippen LogP contribution in [-0.2, 0) is 0 Å². The fourth-order valence-corrected chi connectivity index (χ4v) is 1.16. The largest absolute Gasteiger partial charge is 0.399 e. The molecule has 0 atom stereocenters. The number of nitrogens with zero attached hydrogens (tertiary/aromatic N) is 4. The maximum absolute atomic E-state index is 5.54. The van der Waals surface area contributed by atoms with E-state index in [9.17, 15) is 0 Å². The van der Waals surface area contributed by atoms with E-state index in [-0.39, 0.29) is 0 Å². The zero-order chi connectivity index (χ0) is 9.26. The van der Waals surface area contributed by atoms with Gasteiger partial charge in [0.2, 0.25) is 5.16 Å². The van der Waals surface area contributed by atoms with Crippen LogP contribution < -0.4 is 5.73 Å². The zero-order valence-corrected chi connectivity index (χ0v) is 7.52. The molecule has 0 amide bonds. The molecule has 0 aliphatic heterocycles. The minimum Gasteiger partial charge on any atom is -0.399 e. The van der Waals surface area contributed by atoms with Gasteiger partial charge in [-0.25, -0.2) is 0 Å². The first-order valence-electron chi connectivity index (χ1n) is 3.60. The van der Waals surface area contributed by atoms with Crippen LogP contribution in [0.25, 0.3) is 5.69 Å². The molecular formula is C7H7N5S. The molecule has 2 N–H and O–H groups in total. The van der Waals surface area contributed by atoms with Gasteiger partial charge in [-0.2, -0.15) is 4.68 Å².